The van der Waals surface area contributed by atoms with Gasteiger partial charge in [-0.3, -0.25) is 4.98 Å². The van der Waals surface area contributed by atoms with Gasteiger partial charge in [-0.2, -0.15) is 0 Å². The molecular formula is C22H22N4O. The Morgan fingerprint density at radius 3 is 2.89 bits per heavy atom. The van der Waals surface area contributed by atoms with Crippen molar-refractivity contribution in [2.24, 2.45) is 0 Å². The van der Waals surface area contributed by atoms with Crippen LogP contribution < -0.4 is 4.74 Å². The van der Waals surface area contributed by atoms with Crippen LogP contribution in [0.5, 0.6) is 5.75 Å². The zero-order valence-electron chi connectivity index (χ0n) is 15.6. The number of hydrogen-bond donors (Lipinski definition) is 0. The minimum atomic E-state index is 0.210. The van der Waals surface area contributed by atoms with E-state index in [1.807, 2.05) is 26.1 Å². The molecule has 1 aliphatic rings. The second kappa shape index (κ2) is 6.34. The van der Waals surface area contributed by atoms with E-state index in [0.29, 0.717) is 6.04 Å². The summed E-state index contributed by atoms with van der Waals surface area (Å²) in [7, 11) is 0. The van der Waals surface area contributed by atoms with Crippen LogP contribution in [0.15, 0.2) is 49.1 Å². The first-order valence-electron chi connectivity index (χ1n) is 9.49. The summed E-state index contributed by atoms with van der Waals surface area (Å²) in [4.78, 5) is 13.2. The maximum Gasteiger partial charge on any atom is 0.143 e. The summed E-state index contributed by atoms with van der Waals surface area (Å²) in [6.07, 6.45) is 9.06. The summed E-state index contributed by atoms with van der Waals surface area (Å²) in [5.41, 5.74) is 3.08. The first-order chi connectivity index (χ1) is 13.2. The van der Waals surface area contributed by atoms with Gasteiger partial charge in [-0.25, -0.2) is 9.97 Å². The van der Waals surface area contributed by atoms with Gasteiger partial charge in [0.15, 0.2) is 0 Å². The Kier molecular flexibility index (Phi) is 3.81. The molecule has 1 aliphatic carbocycles. The fraction of sp³-hybridized carbons (Fsp3) is 0.318. The molecule has 4 aromatic rings. The lowest BCUT2D eigenvalue weighted by Crippen LogP contribution is -2.14. The molecule has 0 spiro atoms. The van der Waals surface area contributed by atoms with Crippen LogP contribution in [0.1, 0.15) is 36.7 Å². The first kappa shape index (κ1) is 16.2. The SMILES string of the molecule is Cc1cc2cccc(OC3CC[C@H](n4ccc5c(C)ncnc54)C3)c2cn1. The van der Waals surface area contributed by atoms with Crippen LogP contribution in [0.25, 0.3) is 21.8 Å². The van der Waals surface area contributed by atoms with Gasteiger partial charge in [0, 0.05) is 41.3 Å². The highest BCUT2D eigenvalue weighted by Gasteiger charge is 2.28. The molecule has 1 fully saturated rings. The molecular weight excluding hydrogens is 336 g/mol. The monoisotopic (exact) mass is 358 g/mol. The van der Waals surface area contributed by atoms with Gasteiger partial charge in [0.1, 0.15) is 23.8 Å². The highest BCUT2D eigenvalue weighted by Crippen LogP contribution is 2.36. The summed E-state index contributed by atoms with van der Waals surface area (Å²) >= 11 is 0. The zero-order valence-corrected chi connectivity index (χ0v) is 15.6. The van der Waals surface area contributed by atoms with Crippen molar-refractivity contribution in [2.45, 2.75) is 45.3 Å². The summed E-state index contributed by atoms with van der Waals surface area (Å²) in [6.45, 7) is 4.05. The van der Waals surface area contributed by atoms with Crippen molar-refractivity contribution in [3.63, 3.8) is 0 Å². The quantitative estimate of drug-likeness (QED) is 0.529. The van der Waals surface area contributed by atoms with Gasteiger partial charge in [0.2, 0.25) is 0 Å². The largest absolute Gasteiger partial charge is 0.490 e. The van der Waals surface area contributed by atoms with Crippen LogP contribution in [-0.4, -0.2) is 25.6 Å². The summed E-state index contributed by atoms with van der Waals surface area (Å²) in [6, 6.07) is 10.9. The van der Waals surface area contributed by atoms with Crippen LogP contribution >= 0.6 is 0 Å². The van der Waals surface area contributed by atoms with E-state index in [4.69, 9.17) is 4.74 Å². The van der Waals surface area contributed by atoms with Gasteiger partial charge in [-0.05, 0) is 50.3 Å². The van der Waals surface area contributed by atoms with Crippen molar-refractivity contribution >= 4 is 21.8 Å². The second-order valence-electron chi connectivity index (χ2n) is 7.43. The van der Waals surface area contributed by atoms with Crippen molar-refractivity contribution < 1.29 is 4.74 Å². The van der Waals surface area contributed by atoms with Crippen molar-refractivity contribution in [1.29, 1.82) is 0 Å². The number of hydrogen-bond acceptors (Lipinski definition) is 4. The molecule has 5 rings (SSSR count). The smallest absolute Gasteiger partial charge is 0.143 e. The van der Waals surface area contributed by atoms with Crippen molar-refractivity contribution in [2.75, 3.05) is 0 Å². The van der Waals surface area contributed by atoms with E-state index in [9.17, 15) is 0 Å². The summed E-state index contributed by atoms with van der Waals surface area (Å²) in [5.74, 6) is 0.932. The Morgan fingerprint density at radius 1 is 1.04 bits per heavy atom. The Balaban J connectivity index is 1.39. The van der Waals surface area contributed by atoms with Crippen LogP contribution in [-0.2, 0) is 0 Å². The molecule has 5 heteroatoms. The number of ether oxygens (including phenoxy) is 1. The molecule has 0 amide bonds. The second-order valence-corrected chi connectivity index (χ2v) is 7.43. The Morgan fingerprint density at radius 2 is 1.96 bits per heavy atom. The van der Waals surface area contributed by atoms with E-state index in [2.05, 4.69) is 50.0 Å². The third-order valence-corrected chi connectivity index (χ3v) is 5.61. The number of pyridine rings is 1. The first-order valence-corrected chi connectivity index (χ1v) is 9.49. The zero-order chi connectivity index (χ0) is 18.4. The van der Waals surface area contributed by atoms with Crippen LogP contribution in [0, 0.1) is 13.8 Å². The van der Waals surface area contributed by atoms with Gasteiger partial charge >= 0.3 is 0 Å². The number of fused-ring (bicyclic) bond motifs is 2. The van der Waals surface area contributed by atoms with E-state index < -0.39 is 0 Å². The summed E-state index contributed by atoms with van der Waals surface area (Å²) < 4.78 is 8.70. The number of aromatic nitrogens is 4. The molecule has 3 heterocycles. The van der Waals surface area contributed by atoms with Gasteiger partial charge in [0.05, 0.1) is 5.69 Å². The normalized spacial score (nSPS) is 19.8. The Bertz CT molecular complexity index is 1130. The van der Waals surface area contributed by atoms with E-state index in [0.717, 1.165) is 52.8 Å². The van der Waals surface area contributed by atoms with Gasteiger partial charge in [-0.1, -0.05) is 12.1 Å². The number of rotatable bonds is 3. The molecule has 3 aromatic heterocycles. The van der Waals surface area contributed by atoms with Gasteiger partial charge in [-0.15, -0.1) is 0 Å². The molecule has 27 heavy (non-hydrogen) atoms. The van der Waals surface area contributed by atoms with Gasteiger partial charge < -0.3 is 9.30 Å². The lowest BCUT2D eigenvalue weighted by Gasteiger charge is -2.17. The predicted octanol–water partition coefficient (Wildman–Crippen LogP) is 4.77. The topological polar surface area (TPSA) is 52.8 Å². The third kappa shape index (κ3) is 2.83. The average molecular weight is 358 g/mol. The van der Waals surface area contributed by atoms with Crippen molar-refractivity contribution in [1.82, 2.24) is 19.5 Å². The molecule has 2 atom stereocenters. The van der Waals surface area contributed by atoms with E-state index in [1.54, 1.807) is 6.33 Å². The van der Waals surface area contributed by atoms with E-state index >= 15 is 0 Å². The lowest BCUT2D eigenvalue weighted by molar-refractivity contribution is 0.207. The minimum Gasteiger partial charge on any atom is -0.490 e. The molecule has 5 nitrogen and oxygen atoms in total. The van der Waals surface area contributed by atoms with Crippen LogP contribution in [0.3, 0.4) is 0 Å². The molecule has 0 N–H and O–H groups in total. The van der Waals surface area contributed by atoms with E-state index in [-0.39, 0.29) is 6.10 Å². The fourth-order valence-corrected chi connectivity index (χ4v) is 4.21. The maximum atomic E-state index is 6.41. The Labute approximate surface area is 158 Å². The molecule has 0 aliphatic heterocycles. The standard InChI is InChI=1S/C22H22N4O/c1-14-10-16-4-3-5-21(20(16)12-23-14)27-18-7-6-17(11-18)26-9-8-19-15(2)24-13-25-22(19)26/h3-5,8-10,12-13,17-18H,6-7,11H2,1-2H3/t17-,18?/m0/s1. The maximum absolute atomic E-state index is 6.41. The molecule has 1 saturated carbocycles. The molecule has 0 saturated heterocycles. The number of nitrogens with zero attached hydrogens (tertiary/aromatic N) is 4. The molecule has 136 valence electrons. The number of aryl methyl sites for hydroxylation is 2. The Hall–Kier alpha value is -2.95. The molecule has 0 bridgehead atoms. The summed E-state index contributed by atoms with van der Waals surface area (Å²) in [5, 5.41) is 3.40. The molecule has 0 radical (unpaired) electrons. The predicted molar refractivity (Wildman–Crippen MR) is 106 cm³/mol. The molecule has 1 unspecified atom stereocenters. The van der Waals surface area contributed by atoms with Crippen molar-refractivity contribution in [3.8, 4) is 5.75 Å². The number of benzene rings is 1. The van der Waals surface area contributed by atoms with Gasteiger partial charge in [0.25, 0.3) is 0 Å². The highest BCUT2D eigenvalue weighted by atomic mass is 16.5. The minimum absolute atomic E-state index is 0.210. The van der Waals surface area contributed by atoms with Crippen LogP contribution in [0.2, 0.25) is 0 Å². The third-order valence-electron chi connectivity index (χ3n) is 5.61. The van der Waals surface area contributed by atoms with Crippen molar-refractivity contribution in [3.05, 3.63) is 60.4 Å². The van der Waals surface area contributed by atoms with Crippen LogP contribution in [0.4, 0.5) is 0 Å². The highest BCUT2D eigenvalue weighted by molar-refractivity contribution is 5.87. The van der Waals surface area contributed by atoms with E-state index in [1.165, 1.54) is 5.39 Å². The fourth-order valence-electron chi connectivity index (χ4n) is 4.21. The lowest BCUT2D eigenvalue weighted by atomic mass is 10.1. The molecule has 1 aromatic carbocycles. The average Bonchev–Trinajstić information content (AvgIpc) is 3.29.